The summed E-state index contributed by atoms with van der Waals surface area (Å²) in [5.74, 6) is -3.68. The molecule has 1 aliphatic carbocycles. The number of nitrogens with zero attached hydrogens (tertiary/aromatic N) is 2. The number of carbonyl (C=O) groups is 3. The number of rotatable bonds is 3. The molecule has 4 heterocycles. The van der Waals surface area contributed by atoms with Gasteiger partial charge in [-0.1, -0.05) is 0 Å². The van der Waals surface area contributed by atoms with E-state index in [0.717, 1.165) is 0 Å². The first-order chi connectivity index (χ1) is 13.3. The molecule has 0 aromatic heterocycles. The predicted octanol–water partition coefficient (Wildman–Crippen LogP) is -1.16. The molecule has 0 aromatic rings. The Morgan fingerprint density at radius 2 is 2.00 bits per heavy atom. The Hall–Kier alpha value is -2.01. The molecule has 1 amide bonds. The number of likely N-dealkylation sites (N-methyl/N-ethyl adjacent to an activating group) is 1. The van der Waals surface area contributed by atoms with Gasteiger partial charge < -0.3 is 29.6 Å². The summed E-state index contributed by atoms with van der Waals surface area (Å²) in [7, 11) is 3.52. The van der Waals surface area contributed by atoms with E-state index in [1.165, 1.54) is 0 Å². The fraction of sp³-hybridized carbons (Fsp3) is 0.722. The summed E-state index contributed by atoms with van der Waals surface area (Å²) in [5.41, 5.74) is 4.80. The molecule has 0 aromatic carbocycles. The third-order valence-corrected chi connectivity index (χ3v) is 7.02. The van der Waals surface area contributed by atoms with Gasteiger partial charge in [-0.2, -0.15) is 0 Å². The molecule has 0 bridgehead atoms. The summed E-state index contributed by atoms with van der Waals surface area (Å²) in [5, 5.41) is 0. The largest absolute Gasteiger partial charge is 0.449 e. The molecule has 152 valence electrons. The average molecular weight is 393 g/mol. The van der Waals surface area contributed by atoms with Gasteiger partial charge in [-0.05, 0) is 14.0 Å². The highest BCUT2D eigenvalue weighted by atomic mass is 16.7. The lowest BCUT2D eigenvalue weighted by molar-refractivity contribution is -0.197. The van der Waals surface area contributed by atoms with Gasteiger partial charge in [-0.3, -0.25) is 14.5 Å². The Morgan fingerprint density at radius 3 is 2.61 bits per heavy atom. The quantitative estimate of drug-likeness (QED) is 0.592. The highest BCUT2D eigenvalue weighted by molar-refractivity contribution is 6.17. The van der Waals surface area contributed by atoms with E-state index in [1.807, 2.05) is 11.9 Å². The maximum atomic E-state index is 13.6. The first-order valence-electron chi connectivity index (χ1n) is 9.39. The van der Waals surface area contributed by atoms with Crippen molar-refractivity contribution in [3.05, 3.63) is 11.3 Å². The SMILES string of the molecule is CO[C@]12[C@@H]3[C@H](CN1C1=C(C(=O)C4(OCCO4)C(C)C1=O)[C@@H]2COC(N)=O)N3C. The van der Waals surface area contributed by atoms with E-state index in [0.29, 0.717) is 12.2 Å². The van der Waals surface area contributed by atoms with Crippen LogP contribution in [-0.2, 0) is 28.5 Å². The van der Waals surface area contributed by atoms with Gasteiger partial charge in [0.2, 0.25) is 11.6 Å². The number of carbonyl (C=O) groups excluding carboxylic acids is 3. The van der Waals surface area contributed by atoms with Gasteiger partial charge in [0.15, 0.2) is 11.5 Å². The maximum Gasteiger partial charge on any atom is 0.404 e. The van der Waals surface area contributed by atoms with Crippen LogP contribution in [0.25, 0.3) is 0 Å². The standard InChI is InChI=1S/C18H23N3O7/c1-8-13(22)12-11(15(23)18(8)27-4-5-28-18)9(7-26-16(19)24)17(25-3)14-10(20(14)2)6-21(12)17/h8-10,14H,4-7H2,1-3H3,(H2,19,24)/t8?,9-,10-,14-,17+,20?/m0/s1. The number of primary amides is 1. The maximum absolute atomic E-state index is 13.6. The summed E-state index contributed by atoms with van der Waals surface area (Å²) in [6.45, 7) is 2.52. The Balaban J connectivity index is 1.66. The first kappa shape index (κ1) is 18.0. The number of Topliss-reactive ketones (excluding diaryl/α,β-unsaturated/α-hetero) is 2. The first-order valence-corrected chi connectivity index (χ1v) is 9.39. The highest BCUT2D eigenvalue weighted by Crippen LogP contribution is 2.60. The van der Waals surface area contributed by atoms with E-state index < -0.39 is 35.2 Å². The number of ether oxygens (including phenoxy) is 4. The molecule has 3 saturated heterocycles. The third kappa shape index (κ3) is 1.84. The molecular formula is C18H23N3O7. The second-order valence-electron chi connectivity index (χ2n) is 7.97. The minimum atomic E-state index is -1.62. The molecule has 5 aliphatic rings. The summed E-state index contributed by atoms with van der Waals surface area (Å²) in [6, 6.07) is 0.181. The van der Waals surface area contributed by atoms with Crippen LogP contribution < -0.4 is 5.73 Å². The zero-order valence-electron chi connectivity index (χ0n) is 16.0. The van der Waals surface area contributed by atoms with Gasteiger partial charge in [-0.15, -0.1) is 0 Å². The molecular weight excluding hydrogens is 370 g/mol. The number of amides is 1. The van der Waals surface area contributed by atoms with Crippen molar-refractivity contribution in [2.75, 3.05) is 40.5 Å². The van der Waals surface area contributed by atoms with E-state index in [-0.39, 0.29) is 43.3 Å². The summed E-state index contributed by atoms with van der Waals surface area (Å²) in [6.07, 6.45) is -0.948. The number of piperazine rings is 1. The predicted molar refractivity (Wildman–Crippen MR) is 91.6 cm³/mol. The number of hydrogen-bond donors (Lipinski definition) is 1. The number of fused-ring (bicyclic) bond motifs is 4. The van der Waals surface area contributed by atoms with Crippen LogP contribution in [0.3, 0.4) is 0 Å². The Morgan fingerprint density at radius 1 is 1.32 bits per heavy atom. The van der Waals surface area contributed by atoms with Crippen molar-refractivity contribution in [3.8, 4) is 0 Å². The molecule has 10 heteroatoms. The van der Waals surface area contributed by atoms with E-state index in [9.17, 15) is 14.4 Å². The Labute approximate surface area is 161 Å². The van der Waals surface area contributed by atoms with Crippen LogP contribution in [-0.4, -0.2) is 91.6 Å². The second-order valence-corrected chi connectivity index (χ2v) is 7.97. The van der Waals surface area contributed by atoms with E-state index >= 15 is 0 Å². The van der Waals surface area contributed by atoms with Gasteiger partial charge in [0.25, 0.3) is 0 Å². The molecule has 0 radical (unpaired) electrons. The number of allylic oxidation sites excluding steroid dienone is 1. The lowest BCUT2D eigenvalue weighted by Gasteiger charge is -2.40. The molecule has 5 rings (SSSR count). The number of hydrogen-bond acceptors (Lipinski definition) is 9. The van der Waals surface area contributed by atoms with Crippen LogP contribution in [0.15, 0.2) is 11.3 Å². The van der Waals surface area contributed by atoms with Gasteiger partial charge in [0.1, 0.15) is 6.61 Å². The average Bonchev–Trinajstić information content (AvgIpc) is 3.05. The molecule has 3 fully saturated rings. The fourth-order valence-corrected chi connectivity index (χ4v) is 5.71. The van der Waals surface area contributed by atoms with E-state index in [1.54, 1.807) is 14.0 Å². The topological polar surface area (TPSA) is 120 Å². The van der Waals surface area contributed by atoms with Crippen molar-refractivity contribution >= 4 is 17.7 Å². The number of methoxy groups -OCH3 is 1. The molecule has 2 N–H and O–H groups in total. The van der Waals surface area contributed by atoms with E-state index in [4.69, 9.17) is 24.7 Å². The van der Waals surface area contributed by atoms with Crippen LogP contribution in [0, 0.1) is 11.8 Å². The molecule has 28 heavy (non-hydrogen) atoms. The lowest BCUT2D eigenvalue weighted by Crippen LogP contribution is -2.55. The van der Waals surface area contributed by atoms with Crippen molar-refractivity contribution < 1.29 is 33.3 Å². The van der Waals surface area contributed by atoms with Crippen LogP contribution >= 0.6 is 0 Å². The molecule has 10 nitrogen and oxygen atoms in total. The van der Waals surface area contributed by atoms with Crippen LogP contribution in [0.2, 0.25) is 0 Å². The number of nitrogens with two attached hydrogens (primary N) is 1. The smallest absolute Gasteiger partial charge is 0.404 e. The monoisotopic (exact) mass is 393 g/mol. The van der Waals surface area contributed by atoms with Crippen molar-refractivity contribution in [3.63, 3.8) is 0 Å². The van der Waals surface area contributed by atoms with Crippen molar-refractivity contribution in [1.29, 1.82) is 0 Å². The van der Waals surface area contributed by atoms with Crippen molar-refractivity contribution in [2.24, 2.45) is 17.6 Å². The normalized spacial score (nSPS) is 42.7. The van der Waals surface area contributed by atoms with Gasteiger partial charge in [0, 0.05) is 25.3 Å². The van der Waals surface area contributed by atoms with Gasteiger partial charge >= 0.3 is 6.09 Å². The molecule has 6 atom stereocenters. The molecule has 0 saturated carbocycles. The summed E-state index contributed by atoms with van der Waals surface area (Å²) >= 11 is 0. The molecule has 2 unspecified atom stereocenters. The van der Waals surface area contributed by atoms with E-state index in [2.05, 4.69) is 4.90 Å². The van der Waals surface area contributed by atoms with Gasteiger partial charge in [-0.25, -0.2) is 4.79 Å². The third-order valence-electron chi connectivity index (χ3n) is 7.02. The van der Waals surface area contributed by atoms with Crippen LogP contribution in [0.5, 0.6) is 0 Å². The minimum Gasteiger partial charge on any atom is -0.449 e. The molecule has 4 aliphatic heterocycles. The van der Waals surface area contributed by atoms with Crippen LogP contribution in [0.1, 0.15) is 6.92 Å². The molecule has 1 spiro atoms. The van der Waals surface area contributed by atoms with Crippen molar-refractivity contribution in [1.82, 2.24) is 9.80 Å². The lowest BCUT2D eigenvalue weighted by atomic mass is 9.76. The zero-order valence-corrected chi connectivity index (χ0v) is 16.0. The van der Waals surface area contributed by atoms with Crippen molar-refractivity contribution in [2.45, 2.75) is 30.5 Å². The minimum absolute atomic E-state index is 0.0261. The zero-order chi connectivity index (χ0) is 20.0. The summed E-state index contributed by atoms with van der Waals surface area (Å²) < 4.78 is 22.5. The second kappa shape index (κ2) is 5.53. The Bertz CT molecular complexity index is 820. The summed E-state index contributed by atoms with van der Waals surface area (Å²) in [4.78, 5) is 42.3. The number of ketones is 2. The fourth-order valence-electron chi connectivity index (χ4n) is 5.71. The Kier molecular flexibility index (Phi) is 3.57. The van der Waals surface area contributed by atoms with Gasteiger partial charge in [0.05, 0.1) is 36.8 Å². The highest BCUT2D eigenvalue weighted by Gasteiger charge is 2.77. The van der Waals surface area contributed by atoms with Crippen LogP contribution in [0.4, 0.5) is 4.79 Å².